The van der Waals surface area contributed by atoms with Crippen LogP contribution in [0.15, 0.2) is 146 Å². The SMILES string of the molecule is O=C1c2cc(-c3ccccc3-c3ccccc3)ccc2CCc2ccc(-c3ccccc3-c3ccccc3)cc21. The number of hydrogen-bond donors (Lipinski definition) is 0. The average molecular weight is 513 g/mol. The smallest absolute Gasteiger partial charge is 0.193 e. The van der Waals surface area contributed by atoms with E-state index in [-0.39, 0.29) is 5.78 Å². The third kappa shape index (κ3) is 4.36. The zero-order valence-electron chi connectivity index (χ0n) is 22.2. The molecule has 6 aromatic rings. The van der Waals surface area contributed by atoms with Crippen LogP contribution in [-0.4, -0.2) is 5.78 Å². The third-order valence-corrected chi connectivity index (χ3v) is 8.02. The number of fused-ring (bicyclic) bond motifs is 2. The quantitative estimate of drug-likeness (QED) is 0.230. The van der Waals surface area contributed by atoms with Gasteiger partial charge in [-0.1, -0.05) is 133 Å². The fourth-order valence-electron chi connectivity index (χ4n) is 5.97. The van der Waals surface area contributed by atoms with Crippen molar-refractivity contribution in [3.63, 3.8) is 0 Å². The molecule has 0 atom stereocenters. The van der Waals surface area contributed by atoms with Crippen molar-refractivity contribution < 1.29 is 4.79 Å². The zero-order chi connectivity index (χ0) is 26.9. The van der Waals surface area contributed by atoms with Gasteiger partial charge in [-0.2, -0.15) is 0 Å². The van der Waals surface area contributed by atoms with E-state index < -0.39 is 0 Å². The van der Waals surface area contributed by atoms with Gasteiger partial charge in [0.1, 0.15) is 0 Å². The molecule has 0 spiro atoms. The van der Waals surface area contributed by atoms with E-state index in [0.717, 1.165) is 57.3 Å². The van der Waals surface area contributed by atoms with Crippen LogP contribution >= 0.6 is 0 Å². The Morgan fingerprint density at radius 3 is 1.07 bits per heavy atom. The number of aryl methyl sites for hydroxylation is 2. The summed E-state index contributed by atoms with van der Waals surface area (Å²) >= 11 is 0. The number of benzene rings is 6. The third-order valence-electron chi connectivity index (χ3n) is 8.02. The number of carbonyl (C=O) groups is 1. The highest BCUT2D eigenvalue weighted by Gasteiger charge is 2.23. The van der Waals surface area contributed by atoms with Gasteiger partial charge in [0, 0.05) is 11.1 Å². The average Bonchev–Trinajstić information content (AvgIpc) is 3.17. The fraction of sp³-hybridized carbons (Fsp3) is 0.0513. The summed E-state index contributed by atoms with van der Waals surface area (Å²) in [5, 5.41) is 0. The highest BCUT2D eigenvalue weighted by Crippen LogP contribution is 2.37. The van der Waals surface area contributed by atoms with Crippen LogP contribution in [0, 0.1) is 0 Å². The lowest BCUT2D eigenvalue weighted by molar-refractivity contribution is 0.103. The van der Waals surface area contributed by atoms with Crippen LogP contribution in [0.2, 0.25) is 0 Å². The van der Waals surface area contributed by atoms with Crippen molar-refractivity contribution in [1.82, 2.24) is 0 Å². The standard InChI is InChI=1S/C39H28O/c40-39-37-25-31(35-17-9-7-15-33(35)27-11-3-1-4-12-27)23-21-29(37)19-20-30-22-24-32(26-38(30)39)36-18-10-8-16-34(36)28-13-5-2-6-14-28/h1-18,21-26H,19-20H2. The molecule has 190 valence electrons. The first kappa shape index (κ1) is 24.1. The van der Waals surface area contributed by atoms with Gasteiger partial charge in [0.25, 0.3) is 0 Å². The largest absolute Gasteiger partial charge is 0.289 e. The topological polar surface area (TPSA) is 17.1 Å². The summed E-state index contributed by atoms with van der Waals surface area (Å²) in [4.78, 5) is 14.2. The normalized spacial score (nSPS) is 12.3. The van der Waals surface area contributed by atoms with Crippen LogP contribution in [0.5, 0.6) is 0 Å². The summed E-state index contributed by atoms with van der Waals surface area (Å²) in [5.74, 6) is 0.112. The van der Waals surface area contributed by atoms with Crippen molar-refractivity contribution in [1.29, 1.82) is 0 Å². The van der Waals surface area contributed by atoms with Gasteiger partial charge in [0.05, 0.1) is 0 Å². The molecule has 0 aliphatic heterocycles. The number of rotatable bonds is 4. The van der Waals surface area contributed by atoms with Gasteiger partial charge in [-0.3, -0.25) is 4.79 Å². The van der Waals surface area contributed by atoms with Crippen LogP contribution < -0.4 is 0 Å². The molecule has 0 N–H and O–H groups in total. The molecule has 0 aromatic heterocycles. The van der Waals surface area contributed by atoms with E-state index in [2.05, 4.69) is 133 Å². The molecule has 0 fully saturated rings. The van der Waals surface area contributed by atoms with Crippen molar-refractivity contribution in [3.8, 4) is 44.5 Å². The second-order valence-electron chi connectivity index (χ2n) is 10.4. The van der Waals surface area contributed by atoms with Crippen LogP contribution in [0.3, 0.4) is 0 Å². The lowest BCUT2D eigenvalue weighted by Gasteiger charge is -2.14. The van der Waals surface area contributed by atoms with Crippen LogP contribution in [-0.2, 0) is 12.8 Å². The van der Waals surface area contributed by atoms with Crippen molar-refractivity contribution in [2.45, 2.75) is 12.8 Å². The molecular formula is C39H28O. The molecule has 0 saturated heterocycles. The van der Waals surface area contributed by atoms with E-state index >= 15 is 0 Å². The first-order chi connectivity index (χ1) is 19.8. The molecule has 1 heteroatoms. The van der Waals surface area contributed by atoms with Crippen LogP contribution in [0.25, 0.3) is 44.5 Å². The Kier molecular flexibility index (Phi) is 6.18. The Balaban J connectivity index is 1.32. The molecule has 6 aromatic carbocycles. The Labute approximate surface area is 235 Å². The van der Waals surface area contributed by atoms with E-state index in [1.807, 2.05) is 12.1 Å². The van der Waals surface area contributed by atoms with E-state index in [0.29, 0.717) is 0 Å². The van der Waals surface area contributed by atoms with Gasteiger partial charge in [-0.25, -0.2) is 0 Å². The van der Waals surface area contributed by atoms with Crippen molar-refractivity contribution in [2.24, 2.45) is 0 Å². The maximum Gasteiger partial charge on any atom is 0.193 e. The summed E-state index contributed by atoms with van der Waals surface area (Å²) in [6.07, 6.45) is 1.71. The fourth-order valence-corrected chi connectivity index (χ4v) is 5.97. The predicted octanol–water partition coefficient (Wildman–Crippen LogP) is 9.68. The molecule has 1 aliphatic rings. The number of carbonyl (C=O) groups excluding carboxylic acids is 1. The lowest BCUT2D eigenvalue weighted by atomic mass is 9.89. The van der Waals surface area contributed by atoms with Gasteiger partial charge < -0.3 is 0 Å². The Morgan fingerprint density at radius 1 is 0.325 bits per heavy atom. The summed E-state index contributed by atoms with van der Waals surface area (Å²) in [7, 11) is 0. The molecule has 0 heterocycles. The monoisotopic (exact) mass is 512 g/mol. The summed E-state index contributed by atoms with van der Waals surface area (Å²) in [6, 6.07) is 50.7. The molecule has 7 rings (SSSR count). The molecule has 0 amide bonds. The molecule has 1 nitrogen and oxygen atoms in total. The Hall–Kier alpha value is -5.01. The van der Waals surface area contributed by atoms with Crippen molar-refractivity contribution in [3.05, 3.63) is 168 Å². The van der Waals surface area contributed by atoms with Gasteiger partial charge in [0.2, 0.25) is 0 Å². The maximum atomic E-state index is 14.2. The number of hydrogen-bond acceptors (Lipinski definition) is 1. The zero-order valence-corrected chi connectivity index (χ0v) is 22.2. The molecule has 0 saturated carbocycles. The minimum Gasteiger partial charge on any atom is -0.289 e. The molecule has 40 heavy (non-hydrogen) atoms. The van der Waals surface area contributed by atoms with E-state index in [4.69, 9.17) is 0 Å². The Morgan fingerprint density at radius 2 is 0.675 bits per heavy atom. The minimum atomic E-state index is 0.112. The van der Waals surface area contributed by atoms with Crippen LogP contribution in [0.1, 0.15) is 27.0 Å². The first-order valence-corrected chi connectivity index (χ1v) is 13.9. The number of ketones is 1. The summed E-state index contributed by atoms with van der Waals surface area (Å²) in [5.41, 5.74) is 13.0. The molecule has 1 aliphatic carbocycles. The molecular weight excluding hydrogens is 484 g/mol. The lowest BCUT2D eigenvalue weighted by Crippen LogP contribution is -2.05. The second kappa shape index (κ2) is 10.3. The Bertz CT molecular complexity index is 1710. The van der Waals surface area contributed by atoms with E-state index in [1.165, 1.54) is 22.3 Å². The highest BCUT2D eigenvalue weighted by molar-refractivity contribution is 6.12. The van der Waals surface area contributed by atoms with Crippen molar-refractivity contribution >= 4 is 5.78 Å². The summed E-state index contributed by atoms with van der Waals surface area (Å²) < 4.78 is 0. The minimum absolute atomic E-state index is 0.112. The predicted molar refractivity (Wildman–Crippen MR) is 165 cm³/mol. The van der Waals surface area contributed by atoms with Gasteiger partial charge in [-0.15, -0.1) is 0 Å². The van der Waals surface area contributed by atoms with Gasteiger partial charge in [-0.05, 0) is 80.6 Å². The molecule has 0 radical (unpaired) electrons. The maximum absolute atomic E-state index is 14.2. The van der Waals surface area contributed by atoms with Crippen LogP contribution in [0.4, 0.5) is 0 Å². The van der Waals surface area contributed by atoms with E-state index in [1.54, 1.807) is 0 Å². The van der Waals surface area contributed by atoms with E-state index in [9.17, 15) is 4.79 Å². The van der Waals surface area contributed by atoms with Gasteiger partial charge >= 0.3 is 0 Å². The first-order valence-electron chi connectivity index (χ1n) is 13.9. The highest BCUT2D eigenvalue weighted by atomic mass is 16.1. The summed E-state index contributed by atoms with van der Waals surface area (Å²) in [6.45, 7) is 0. The van der Waals surface area contributed by atoms with Crippen molar-refractivity contribution in [2.75, 3.05) is 0 Å². The second-order valence-corrected chi connectivity index (χ2v) is 10.4. The van der Waals surface area contributed by atoms with Gasteiger partial charge in [0.15, 0.2) is 5.78 Å². The molecule has 0 bridgehead atoms. The molecule has 0 unspecified atom stereocenters.